The second kappa shape index (κ2) is 56.3. The maximum atomic E-state index is 12.8. The fourth-order valence-corrected chi connectivity index (χ4v) is 13.1. The summed E-state index contributed by atoms with van der Waals surface area (Å²) in [6.45, 7) is 18.2. The Hall–Kier alpha value is -12.4. The van der Waals surface area contributed by atoms with Gasteiger partial charge in [-0.1, -0.05) is 185 Å². The summed E-state index contributed by atoms with van der Waals surface area (Å²) in [7, 11) is 0. The topological polar surface area (TPSA) is 366 Å². The van der Waals surface area contributed by atoms with E-state index in [2.05, 4.69) is 81.7 Å². The largest absolute Gasteiger partial charge is 0.492 e. The lowest BCUT2D eigenvalue weighted by Crippen LogP contribution is -2.38. The number of halogens is 4. The zero-order valence-electron chi connectivity index (χ0n) is 69.6. The monoisotopic (exact) mass is 1750 g/mol. The van der Waals surface area contributed by atoms with Gasteiger partial charge < -0.3 is 40.2 Å². The van der Waals surface area contributed by atoms with E-state index in [0.29, 0.717) is 58.5 Å². The Kier molecular flexibility index (Phi) is 44.8. The molecule has 6 aromatic heterocycles. The SMILES string of the molecule is CCCC(NC(=O)/C(C#N)=C/c1nc(Cl)ccc1Cl)c1ccc(OCCN2CCOCC2)cc1.CCCC(NC(=O)CC#N)c1ccc(OCCN2CCOCC2)cc1.CCC[C@H](NC(=O)/C(C#N)=C/c1ccc2cccnc2n1)c1ccccc1.CCC[C@H](NC(=O)CC#N)c1ccccc1.O=Cc1ccc2cccnc2n1.O=Cc1nc(Cl)ccc1Cl. The van der Waals surface area contributed by atoms with Gasteiger partial charge >= 0.3 is 0 Å². The van der Waals surface area contributed by atoms with Crippen molar-refractivity contribution in [3.8, 4) is 35.8 Å². The molecule has 30 heteroatoms. The number of pyridine rings is 6. The summed E-state index contributed by atoms with van der Waals surface area (Å²) in [5.74, 6) is 0.275. The molecule has 4 aromatic carbocycles. The van der Waals surface area contributed by atoms with Gasteiger partial charge in [0.25, 0.3) is 11.8 Å². The van der Waals surface area contributed by atoms with E-state index in [4.69, 9.17) is 75.9 Å². The van der Waals surface area contributed by atoms with E-state index < -0.39 is 11.8 Å². The minimum absolute atomic E-state index is 0.0204. The average molecular weight is 1760 g/mol. The van der Waals surface area contributed by atoms with Gasteiger partial charge in [-0.05, 0) is 157 Å². The summed E-state index contributed by atoms with van der Waals surface area (Å²) >= 11 is 23.0. The maximum absolute atomic E-state index is 12.8. The van der Waals surface area contributed by atoms with Crippen LogP contribution in [0.3, 0.4) is 0 Å². The molecule has 4 atom stereocenters. The minimum atomic E-state index is -0.496. The Bertz CT molecular complexity index is 5270. The molecule has 2 aliphatic heterocycles. The molecule has 4 amide bonds. The molecule has 2 unspecified atom stereocenters. The smallest absolute Gasteiger partial charge is 0.262 e. The van der Waals surface area contributed by atoms with Gasteiger partial charge in [-0.2, -0.15) is 21.0 Å². The van der Waals surface area contributed by atoms with E-state index in [-0.39, 0.29) is 81.7 Å². The third-order valence-corrected chi connectivity index (χ3v) is 19.8. The van der Waals surface area contributed by atoms with E-state index in [1.54, 1.807) is 36.7 Å². The number of nitrogens with zero attached hydrogens (tertiary/aromatic N) is 12. The lowest BCUT2D eigenvalue weighted by atomic mass is 10.0. The van der Waals surface area contributed by atoms with Crippen LogP contribution in [0.2, 0.25) is 20.4 Å². The number of nitrogens with one attached hydrogen (secondary N) is 4. The van der Waals surface area contributed by atoms with Crippen LogP contribution in [0.4, 0.5) is 0 Å². The number of rotatable bonds is 32. The standard InChI is InChI=1S/C25H28Cl2N4O3.C22H20N4O.C19H27N3O3.C13H16N2O.C9H6N2O.C6H3Cl2NO/c1-2-3-22(30-25(32)19(17-28)16-23-21(26)8-9-24(27)29-23)18-4-6-20(7-5-18)34-15-12-31-10-13-33-14-11-31;1-2-7-20(16-8-4-3-5-9-16)26-22(27)18(15-23)14-19-12-11-17-10-6-13-24-21(17)25-19;1-2-3-18(21-19(23)8-9-20)16-4-6-17(7-5-16)25-15-12-22-10-13-24-14-11-22;1-2-6-12(15-13(16)9-10-14)11-7-4-3-5-8-11;12-6-8-4-3-7-2-1-5-10-9(7)11-8;7-4-1-2-6(8)9-5(4)3-10/h4-9,16,22H,2-3,10-15H2,1H3,(H,30,32);3-6,8-14,20H,2,7H2,1H3,(H,26,27);4-7,18H,2-3,8,10-15H2,1H3,(H,21,23);3-5,7-8,12H,2,6,9H2,1H3,(H,15,16);1-6H;1-3H/b19-16+;18-14+;;;;/t;20-;;12-;;/m.0.0../s1. The van der Waals surface area contributed by atoms with Crippen LogP contribution in [0.1, 0.15) is 171 Å². The first-order valence-electron chi connectivity index (χ1n) is 40.7. The first-order chi connectivity index (χ1) is 60.3. The molecular weight excluding hydrogens is 1650 g/mol. The summed E-state index contributed by atoms with van der Waals surface area (Å²) in [4.78, 5) is 98.1. The lowest BCUT2D eigenvalue weighted by molar-refractivity contribution is -0.121. The lowest BCUT2D eigenvalue weighted by Gasteiger charge is -2.26. The van der Waals surface area contributed by atoms with E-state index in [9.17, 15) is 39.3 Å². The molecule has 2 aliphatic rings. The van der Waals surface area contributed by atoms with Crippen LogP contribution in [-0.4, -0.2) is 155 Å². The number of ether oxygens (including phenoxy) is 4. The number of aromatic nitrogens is 6. The fourth-order valence-electron chi connectivity index (χ4n) is 12.5. The van der Waals surface area contributed by atoms with Crippen molar-refractivity contribution in [3.63, 3.8) is 0 Å². The van der Waals surface area contributed by atoms with Gasteiger partial charge in [-0.25, -0.2) is 29.9 Å². The second-order valence-corrected chi connectivity index (χ2v) is 29.4. The average Bonchev–Trinajstić information content (AvgIpc) is 0.843. The van der Waals surface area contributed by atoms with Crippen molar-refractivity contribution in [3.05, 3.63) is 271 Å². The van der Waals surface area contributed by atoms with Crippen LogP contribution in [-0.2, 0) is 28.7 Å². The van der Waals surface area contributed by atoms with Crippen LogP contribution in [0.15, 0.2) is 206 Å². The number of morpholine rings is 2. The predicted octanol–water partition coefficient (Wildman–Crippen LogP) is 17.3. The quantitative estimate of drug-likeness (QED) is 0.0132. The molecule has 4 N–H and O–H groups in total. The number of nitriles is 4. The molecule has 10 aromatic rings. The van der Waals surface area contributed by atoms with Crippen molar-refractivity contribution in [2.75, 3.05) is 78.9 Å². The van der Waals surface area contributed by atoms with Gasteiger partial charge in [0, 0.05) is 62.4 Å². The van der Waals surface area contributed by atoms with Crippen molar-refractivity contribution in [2.45, 2.75) is 116 Å². The minimum Gasteiger partial charge on any atom is -0.492 e. The number of carbonyl (C=O) groups excluding carboxylic acids is 6. The number of fused-ring (bicyclic) bond motifs is 2. The third-order valence-electron chi connectivity index (χ3n) is 18.8. The molecule has 0 radical (unpaired) electrons. The number of hydrogen-bond acceptors (Lipinski definition) is 22. The first kappa shape index (κ1) is 98.7. The highest BCUT2D eigenvalue weighted by Gasteiger charge is 2.22. The van der Waals surface area contributed by atoms with Crippen molar-refractivity contribution in [1.82, 2.24) is 61.0 Å². The Morgan fingerprint density at radius 2 is 0.815 bits per heavy atom. The van der Waals surface area contributed by atoms with Crippen molar-refractivity contribution >= 4 is 117 Å². The van der Waals surface area contributed by atoms with Gasteiger partial charge in [0.2, 0.25) is 11.8 Å². The molecule has 26 nitrogen and oxygen atoms in total. The molecule has 0 saturated carbocycles. The van der Waals surface area contributed by atoms with Crippen LogP contribution in [0.5, 0.6) is 11.5 Å². The van der Waals surface area contributed by atoms with Crippen molar-refractivity contribution in [1.29, 1.82) is 21.0 Å². The summed E-state index contributed by atoms with van der Waals surface area (Å²) in [6, 6.07) is 63.2. The number of carbonyl (C=O) groups is 6. The van der Waals surface area contributed by atoms with Gasteiger partial charge in [0.15, 0.2) is 23.9 Å². The van der Waals surface area contributed by atoms with Gasteiger partial charge in [-0.15, -0.1) is 0 Å². The highest BCUT2D eigenvalue weighted by molar-refractivity contribution is 6.34. The van der Waals surface area contributed by atoms with Crippen molar-refractivity contribution in [2.24, 2.45) is 0 Å². The molecule has 8 heterocycles. The van der Waals surface area contributed by atoms with Crippen LogP contribution in [0.25, 0.3) is 34.2 Å². The highest BCUT2D eigenvalue weighted by Crippen LogP contribution is 2.27. The summed E-state index contributed by atoms with van der Waals surface area (Å²) in [6.07, 6.45) is 14.2. The Balaban J connectivity index is 0.000000213. The fraction of sp³-hybridized carbons (Fsp3) is 0.319. The van der Waals surface area contributed by atoms with E-state index in [0.717, 1.165) is 162 Å². The molecule has 644 valence electrons. The molecular formula is C94H100Cl4N16O10. The Morgan fingerprint density at radius 1 is 0.435 bits per heavy atom. The second-order valence-electron chi connectivity index (χ2n) is 27.8. The first-order valence-corrected chi connectivity index (χ1v) is 42.2. The number of benzene rings is 4. The van der Waals surface area contributed by atoms with E-state index in [1.165, 1.54) is 24.3 Å². The summed E-state index contributed by atoms with van der Waals surface area (Å²) < 4.78 is 22.4. The van der Waals surface area contributed by atoms with Crippen LogP contribution < -0.4 is 30.7 Å². The van der Waals surface area contributed by atoms with E-state index in [1.807, 2.05) is 177 Å². The zero-order valence-corrected chi connectivity index (χ0v) is 72.6. The molecule has 2 saturated heterocycles. The number of amides is 4. The normalized spacial score (nSPS) is 13.4. The summed E-state index contributed by atoms with van der Waals surface area (Å²) in [5, 5.41) is 50.8. The number of aldehydes is 2. The van der Waals surface area contributed by atoms with Crippen molar-refractivity contribution < 1.29 is 47.7 Å². The molecule has 0 bridgehead atoms. The predicted molar refractivity (Wildman–Crippen MR) is 480 cm³/mol. The third kappa shape index (κ3) is 35.2. The molecule has 0 aliphatic carbocycles. The van der Waals surface area contributed by atoms with Crippen LogP contribution in [0, 0.1) is 45.3 Å². The maximum Gasteiger partial charge on any atom is 0.262 e. The molecule has 12 rings (SSSR count). The van der Waals surface area contributed by atoms with E-state index >= 15 is 0 Å². The molecule has 124 heavy (non-hydrogen) atoms. The molecule has 2 fully saturated rings. The number of hydrogen-bond donors (Lipinski definition) is 4. The summed E-state index contributed by atoms with van der Waals surface area (Å²) in [5.41, 5.74) is 6.60. The van der Waals surface area contributed by atoms with Crippen LogP contribution >= 0.6 is 46.4 Å². The molecule has 0 spiro atoms. The van der Waals surface area contributed by atoms with Gasteiger partial charge in [-0.3, -0.25) is 38.6 Å². The van der Waals surface area contributed by atoms with Gasteiger partial charge in [0.1, 0.15) is 82.5 Å². The Labute approximate surface area is 743 Å². The highest BCUT2D eigenvalue weighted by atomic mass is 35.5. The zero-order chi connectivity index (χ0) is 89.1. The van der Waals surface area contributed by atoms with Gasteiger partial charge in [0.05, 0.1) is 84.2 Å². The Morgan fingerprint density at radius 3 is 1.20 bits per heavy atom.